The van der Waals surface area contributed by atoms with Crippen LogP contribution in [0, 0.1) is 13.8 Å². The Labute approximate surface area is 218 Å². The molecule has 200 valence electrons. The summed E-state index contributed by atoms with van der Waals surface area (Å²) in [5, 5.41) is 9.32. The molecule has 38 heavy (non-hydrogen) atoms. The number of hydrogen-bond acceptors (Lipinski definition) is 4. The third-order valence-electron chi connectivity index (χ3n) is 7.23. The number of hydrogen-bond donors (Lipinski definition) is 1. The van der Waals surface area contributed by atoms with Gasteiger partial charge in [0.2, 0.25) is 0 Å². The first-order valence-electron chi connectivity index (χ1n) is 12.6. The van der Waals surface area contributed by atoms with Crippen molar-refractivity contribution in [3.8, 4) is 5.75 Å². The van der Waals surface area contributed by atoms with Crippen molar-refractivity contribution in [3.05, 3.63) is 93.4 Å². The van der Waals surface area contributed by atoms with Gasteiger partial charge in [-0.2, -0.15) is 13.2 Å². The van der Waals surface area contributed by atoms with Crippen molar-refractivity contribution < 1.29 is 23.0 Å². The van der Waals surface area contributed by atoms with Crippen LogP contribution in [-0.2, 0) is 12.7 Å². The molecule has 3 aromatic carbocycles. The molecule has 6 nitrogen and oxygen atoms in total. The van der Waals surface area contributed by atoms with E-state index in [0.29, 0.717) is 29.7 Å². The SMILES string of the molecule is Cc1cccc(C)c1N1CCC(n2c(=O)n(Cc3ccccc3C(F)(F)F)c3c(OCCO)cccc32)C1. The Morgan fingerprint density at radius 3 is 2.42 bits per heavy atom. The molecule has 4 aromatic rings. The zero-order valence-corrected chi connectivity index (χ0v) is 21.3. The van der Waals surface area contributed by atoms with E-state index in [-0.39, 0.29) is 37.1 Å². The Bertz CT molecular complexity index is 1500. The fourth-order valence-corrected chi connectivity index (χ4v) is 5.64. The van der Waals surface area contributed by atoms with Crippen molar-refractivity contribution >= 4 is 16.7 Å². The predicted octanol–water partition coefficient (Wildman–Crippen LogP) is 5.31. The third-order valence-corrected chi connectivity index (χ3v) is 7.23. The molecule has 2 heterocycles. The van der Waals surface area contributed by atoms with E-state index in [1.807, 2.05) is 6.07 Å². The molecule has 0 bridgehead atoms. The number of para-hydroxylation sites is 2. The van der Waals surface area contributed by atoms with Crippen LogP contribution in [0.15, 0.2) is 65.5 Å². The van der Waals surface area contributed by atoms with Gasteiger partial charge in [0.1, 0.15) is 17.9 Å². The number of alkyl halides is 3. The number of halogens is 3. The normalized spacial score (nSPS) is 15.9. The van der Waals surface area contributed by atoms with Gasteiger partial charge in [0.15, 0.2) is 0 Å². The lowest BCUT2D eigenvalue weighted by atomic mass is 10.1. The number of imidazole rings is 1. The number of anilines is 1. The predicted molar refractivity (Wildman–Crippen MR) is 141 cm³/mol. The molecule has 0 spiro atoms. The minimum absolute atomic E-state index is 0.00138. The van der Waals surface area contributed by atoms with Crippen molar-refractivity contribution in [1.29, 1.82) is 0 Å². The Morgan fingerprint density at radius 1 is 1.00 bits per heavy atom. The van der Waals surface area contributed by atoms with Crippen molar-refractivity contribution in [2.75, 3.05) is 31.2 Å². The van der Waals surface area contributed by atoms with Gasteiger partial charge in [-0.3, -0.25) is 9.13 Å². The molecule has 1 saturated heterocycles. The number of rotatable bonds is 7. The zero-order valence-electron chi connectivity index (χ0n) is 21.3. The average molecular weight is 526 g/mol. The molecule has 1 unspecified atom stereocenters. The number of aliphatic hydroxyl groups excluding tert-OH is 1. The number of benzene rings is 3. The van der Waals surface area contributed by atoms with Crippen LogP contribution in [0.25, 0.3) is 11.0 Å². The van der Waals surface area contributed by atoms with Gasteiger partial charge in [-0.15, -0.1) is 0 Å². The van der Waals surface area contributed by atoms with E-state index in [1.165, 1.54) is 22.8 Å². The Hall–Kier alpha value is -3.72. The van der Waals surface area contributed by atoms with E-state index in [4.69, 9.17) is 4.74 Å². The highest BCUT2D eigenvalue weighted by atomic mass is 19.4. The van der Waals surface area contributed by atoms with Crippen LogP contribution >= 0.6 is 0 Å². The van der Waals surface area contributed by atoms with Crippen LogP contribution in [0.4, 0.5) is 18.9 Å². The first kappa shape index (κ1) is 25.9. The molecular weight excluding hydrogens is 495 g/mol. The summed E-state index contributed by atoms with van der Waals surface area (Å²) in [6.07, 6.45) is -3.83. The van der Waals surface area contributed by atoms with E-state index < -0.39 is 11.7 Å². The molecule has 1 N–H and O–H groups in total. The van der Waals surface area contributed by atoms with Gasteiger partial charge in [0.25, 0.3) is 0 Å². The minimum atomic E-state index is -4.55. The first-order valence-corrected chi connectivity index (χ1v) is 12.6. The van der Waals surface area contributed by atoms with Crippen LogP contribution < -0.4 is 15.3 Å². The van der Waals surface area contributed by atoms with Crippen molar-refractivity contribution in [1.82, 2.24) is 9.13 Å². The highest BCUT2D eigenvalue weighted by Crippen LogP contribution is 2.36. The van der Waals surface area contributed by atoms with Gasteiger partial charge in [-0.25, -0.2) is 4.79 Å². The van der Waals surface area contributed by atoms with Crippen molar-refractivity contribution in [3.63, 3.8) is 0 Å². The van der Waals surface area contributed by atoms with Gasteiger partial charge in [0.05, 0.1) is 30.3 Å². The van der Waals surface area contributed by atoms with Crippen molar-refractivity contribution in [2.24, 2.45) is 0 Å². The van der Waals surface area contributed by atoms with Crippen LogP contribution in [-0.4, -0.2) is 40.5 Å². The molecule has 5 rings (SSSR count). The lowest BCUT2D eigenvalue weighted by Crippen LogP contribution is -2.30. The summed E-state index contributed by atoms with van der Waals surface area (Å²) in [6.45, 7) is 5.00. The number of fused-ring (bicyclic) bond motifs is 1. The number of aliphatic hydroxyl groups is 1. The maximum Gasteiger partial charge on any atom is 0.416 e. The number of aryl methyl sites for hydroxylation is 2. The smallest absolute Gasteiger partial charge is 0.416 e. The minimum Gasteiger partial charge on any atom is -0.489 e. The summed E-state index contributed by atoms with van der Waals surface area (Å²) in [4.78, 5) is 16.2. The third kappa shape index (κ3) is 4.67. The molecule has 1 atom stereocenters. The van der Waals surface area contributed by atoms with Crippen LogP contribution in [0.3, 0.4) is 0 Å². The quantitative estimate of drug-likeness (QED) is 0.355. The van der Waals surface area contributed by atoms with E-state index >= 15 is 0 Å². The first-order chi connectivity index (χ1) is 18.2. The van der Waals surface area contributed by atoms with E-state index in [0.717, 1.165) is 29.4 Å². The summed E-state index contributed by atoms with van der Waals surface area (Å²) in [6, 6.07) is 16.5. The second-order valence-corrected chi connectivity index (χ2v) is 9.72. The molecule has 9 heteroatoms. The largest absolute Gasteiger partial charge is 0.489 e. The number of ether oxygens (including phenoxy) is 1. The zero-order chi connectivity index (χ0) is 27.0. The molecule has 0 radical (unpaired) electrons. The van der Waals surface area contributed by atoms with Crippen LogP contribution in [0.1, 0.15) is 34.7 Å². The van der Waals surface area contributed by atoms with E-state index in [9.17, 15) is 23.1 Å². The van der Waals surface area contributed by atoms with Gasteiger partial charge in [-0.05, 0) is 55.2 Å². The molecule has 1 fully saturated rings. The summed E-state index contributed by atoms with van der Waals surface area (Å²) in [7, 11) is 0. The Morgan fingerprint density at radius 2 is 1.71 bits per heavy atom. The van der Waals surface area contributed by atoms with Gasteiger partial charge in [-0.1, -0.05) is 42.5 Å². The van der Waals surface area contributed by atoms with Crippen molar-refractivity contribution in [2.45, 2.75) is 39.0 Å². The fourth-order valence-electron chi connectivity index (χ4n) is 5.64. The lowest BCUT2D eigenvalue weighted by molar-refractivity contribution is -0.138. The molecule has 1 aliphatic rings. The van der Waals surface area contributed by atoms with E-state index in [2.05, 4.69) is 30.9 Å². The number of nitrogens with zero attached hydrogens (tertiary/aromatic N) is 3. The monoisotopic (exact) mass is 525 g/mol. The topological polar surface area (TPSA) is 59.6 Å². The van der Waals surface area contributed by atoms with Gasteiger partial charge in [0, 0.05) is 18.8 Å². The van der Waals surface area contributed by atoms with Gasteiger partial charge >= 0.3 is 11.9 Å². The van der Waals surface area contributed by atoms with Gasteiger partial charge < -0.3 is 14.7 Å². The second-order valence-electron chi connectivity index (χ2n) is 9.72. The molecule has 0 aliphatic carbocycles. The highest BCUT2D eigenvalue weighted by molar-refractivity contribution is 5.83. The Kier molecular flexibility index (Phi) is 6.96. The molecule has 0 saturated carbocycles. The Balaban J connectivity index is 1.62. The second kappa shape index (κ2) is 10.2. The maximum absolute atomic E-state index is 14.0. The standard InChI is InChI=1S/C29H30F3N3O3/c1-19-7-5-8-20(2)26(19)33-14-13-22(18-33)35-24-11-6-12-25(38-16-15-36)27(24)34(28(35)37)17-21-9-3-4-10-23(21)29(30,31)32/h3-12,22,36H,13-18H2,1-2H3. The highest BCUT2D eigenvalue weighted by Gasteiger charge is 2.34. The lowest BCUT2D eigenvalue weighted by Gasteiger charge is -2.23. The molecule has 0 amide bonds. The summed E-state index contributed by atoms with van der Waals surface area (Å²) >= 11 is 0. The number of aromatic nitrogens is 2. The summed E-state index contributed by atoms with van der Waals surface area (Å²) < 4.78 is 50.2. The molecule has 1 aliphatic heterocycles. The molecular formula is C29H30F3N3O3. The average Bonchev–Trinajstić information content (AvgIpc) is 3.45. The van der Waals surface area contributed by atoms with E-state index in [1.54, 1.807) is 22.8 Å². The van der Waals surface area contributed by atoms with Crippen LogP contribution in [0.5, 0.6) is 5.75 Å². The fraction of sp³-hybridized carbons (Fsp3) is 0.345. The van der Waals surface area contributed by atoms with Crippen LogP contribution in [0.2, 0.25) is 0 Å². The summed E-state index contributed by atoms with van der Waals surface area (Å²) in [5.41, 5.74) is 3.33. The maximum atomic E-state index is 14.0. The summed E-state index contributed by atoms with van der Waals surface area (Å²) in [5.74, 6) is 0.349. The molecule has 1 aromatic heterocycles.